The Morgan fingerprint density at radius 2 is 1.84 bits per heavy atom. The van der Waals surface area contributed by atoms with E-state index in [9.17, 15) is 0 Å². The lowest BCUT2D eigenvalue weighted by molar-refractivity contribution is 0.198. The van der Waals surface area contributed by atoms with Gasteiger partial charge in [0.1, 0.15) is 6.26 Å². The fraction of sp³-hybridized carbons (Fsp3) is 0.360. The molecule has 6 heteroatoms. The standard InChI is InChI=1S/C25H31N5O/c1-19-8-6-7-11-21(19)17-30-14-12-22(13-15-30)29-25(26-2)27-16-23-18-31-24(28-23)20-9-4-3-5-10-20/h3-11,18,22H,12-17H2,1-2H3,(H2,26,27,29). The van der Waals surface area contributed by atoms with Crippen molar-refractivity contribution >= 4 is 5.96 Å². The van der Waals surface area contributed by atoms with Crippen molar-refractivity contribution in [2.75, 3.05) is 20.1 Å². The van der Waals surface area contributed by atoms with Gasteiger partial charge in [0.05, 0.1) is 12.2 Å². The molecule has 0 unspecified atom stereocenters. The SMILES string of the molecule is CN=C(NCc1coc(-c2ccccc2)n1)NC1CCN(Cc2ccccc2C)CC1. The Bertz CT molecular complexity index is 990. The van der Waals surface area contributed by atoms with Crippen LogP contribution in [0.1, 0.15) is 29.7 Å². The number of guanidine groups is 1. The van der Waals surface area contributed by atoms with Crippen molar-refractivity contribution in [3.8, 4) is 11.5 Å². The van der Waals surface area contributed by atoms with E-state index < -0.39 is 0 Å². The lowest BCUT2D eigenvalue weighted by atomic mass is 10.0. The summed E-state index contributed by atoms with van der Waals surface area (Å²) < 4.78 is 5.62. The van der Waals surface area contributed by atoms with E-state index in [1.165, 1.54) is 11.1 Å². The Hall–Kier alpha value is -3.12. The van der Waals surface area contributed by atoms with E-state index in [0.29, 0.717) is 18.5 Å². The average molecular weight is 418 g/mol. The normalized spacial score (nSPS) is 15.7. The number of oxazole rings is 1. The van der Waals surface area contributed by atoms with Crippen LogP contribution in [0.5, 0.6) is 0 Å². The minimum Gasteiger partial charge on any atom is -0.444 e. The van der Waals surface area contributed by atoms with Crippen LogP contribution < -0.4 is 10.6 Å². The number of aliphatic imine (C=N–C) groups is 1. The van der Waals surface area contributed by atoms with Crippen LogP contribution in [-0.2, 0) is 13.1 Å². The molecule has 2 aromatic carbocycles. The van der Waals surface area contributed by atoms with Crippen LogP contribution in [0.25, 0.3) is 11.5 Å². The van der Waals surface area contributed by atoms with Crippen LogP contribution >= 0.6 is 0 Å². The largest absolute Gasteiger partial charge is 0.444 e. The zero-order chi connectivity index (χ0) is 21.5. The summed E-state index contributed by atoms with van der Waals surface area (Å²) in [5.74, 6) is 1.45. The Kier molecular flexibility index (Phi) is 6.99. The van der Waals surface area contributed by atoms with Crippen molar-refractivity contribution in [2.45, 2.75) is 38.9 Å². The Labute approximate surface area is 184 Å². The summed E-state index contributed by atoms with van der Waals surface area (Å²) in [6, 6.07) is 19.0. The molecule has 2 N–H and O–H groups in total. The molecule has 0 amide bonds. The maximum Gasteiger partial charge on any atom is 0.226 e. The average Bonchev–Trinajstić information content (AvgIpc) is 3.29. The number of rotatable bonds is 6. The van der Waals surface area contributed by atoms with Gasteiger partial charge in [0.15, 0.2) is 5.96 Å². The number of aromatic nitrogens is 1. The monoisotopic (exact) mass is 417 g/mol. The molecular formula is C25H31N5O. The Morgan fingerprint density at radius 3 is 2.58 bits per heavy atom. The molecule has 162 valence electrons. The highest BCUT2D eigenvalue weighted by Crippen LogP contribution is 2.18. The third-order valence-corrected chi connectivity index (χ3v) is 5.82. The third kappa shape index (κ3) is 5.73. The van der Waals surface area contributed by atoms with Gasteiger partial charge >= 0.3 is 0 Å². The molecule has 0 aliphatic carbocycles. The van der Waals surface area contributed by atoms with E-state index in [1.807, 2.05) is 30.3 Å². The fourth-order valence-corrected chi connectivity index (χ4v) is 3.93. The summed E-state index contributed by atoms with van der Waals surface area (Å²) in [5, 5.41) is 6.92. The number of hydrogen-bond acceptors (Lipinski definition) is 4. The number of likely N-dealkylation sites (tertiary alicyclic amines) is 1. The number of benzene rings is 2. The third-order valence-electron chi connectivity index (χ3n) is 5.82. The molecule has 0 radical (unpaired) electrons. The topological polar surface area (TPSA) is 65.7 Å². The summed E-state index contributed by atoms with van der Waals surface area (Å²) >= 11 is 0. The van der Waals surface area contributed by atoms with Crippen LogP contribution in [0.3, 0.4) is 0 Å². The van der Waals surface area contributed by atoms with Crippen molar-refractivity contribution in [1.29, 1.82) is 0 Å². The van der Waals surface area contributed by atoms with Gasteiger partial charge in [-0.15, -0.1) is 0 Å². The van der Waals surface area contributed by atoms with Crippen molar-refractivity contribution < 1.29 is 4.42 Å². The van der Waals surface area contributed by atoms with Crippen LogP contribution in [-0.4, -0.2) is 42.0 Å². The van der Waals surface area contributed by atoms with Gasteiger partial charge in [-0.3, -0.25) is 9.89 Å². The molecule has 1 aliphatic heterocycles. The zero-order valence-corrected chi connectivity index (χ0v) is 18.3. The summed E-state index contributed by atoms with van der Waals surface area (Å²) in [5.41, 5.74) is 4.63. The summed E-state index contributed by atoms with van der Waals surface area (Å²) in [4.78, 5) is 11.5. The summed E-state index contributed by atoms with van der Waals surface area (Å²) in [6.45, 7) is 5.97. The van der Waals surface area contributed by atoms with Crippen molar-refractivity contribution in [2.24, 2.45) is 4.99 Å². The number of nitrogens with zero attached hydrogens (tertiary/aromatic N) is 3. The first-order valence-corrected chi connectivity index (χ1v) is 10.9. The second-order valence-electron chi connectivity index (χ2n) is 8.06. The highest BCUT2D eigenvalue weighted by molar-refractivity contribution is 5.79. The molecule has 0 bridgehead atoms. The number of hydrogen-bond donors (Lipinski definition) is 2. The van der Waals surface area contributed by atoms with Crippen molar-refractivity contribution in [1.82, 2.24) is 20.5 Å². The molecule has 1 fully saturated rings. The molecule has 6 nitrogen and oxygen atoms in total. The second-order valence-corrected chi connectivity index (χ2v) is 8.06. The van der Waals surface area contributed by atoms with Crippen molar-refractivity contribution in [3.05, 3.63) is 77.7 Å². The van der Waals surface area contributed by atoms with E-state index in [0.717, 1.165) is 49.7 Å². The first-order chi connectivity index (χ1) is 15.2. The minimum atomic E-state index is 0.427. The zero-order valence-electron chi connectivity index (χ0n) is 18.3. The molecule has 0 atom stereocenters. The second kappa shape index (κ2) is 10.3. The van der Waals surface area contributed by atoms with E-state index >= 15 is 0 Å². The van der Waals surface area contributed by atoms with E-state index in [4.69, 9.17) is 4.42 Å². The first kappa shape index (κ1) is 21.1. The van der Waals surface area contributed by atoms with Gasteiger partial charge in [0, 0.05) is 38.3 Å². The molecular weight excluding hydrogens is 386 g/mol. The maximum absolute atomic E-state index is 5.62. The van der Waals surface area contributed by atoms with Crippen LogP contribution in [0.15, 0.2) is 70.3 Å². The molecule has 4 rings (SSSR count). The molecule has 3 aromatic rings. The highest BCUT2D eigenvalue weighted by Gasteiger charge is 2.20. The van der Waals surface area contributed by atoms with Crippen LogP contribution in [0, 0.1) is 6.92 Å². The molecule has 0 saturated carbocycles. The predicted molar refractivity (Wildman–Crippen MR) is 125 cm³/mol. The van der Waals surface area contributed by atoms with Gasteiger partial charge in [-0.1, -0.05) is 42.5 Å². The van der Waals surface area contributed by atoms with Gasteiger partial charge in [-0.25, -0.2) is 4.98 Å². The lowest BCUT2D eigenvalue weighted by Gasteiger charge is -2.33. The number of piperidine rings is 1. The Balaban J connectivity index is 1.23. The summed E-state index contributed by atoms with van der Waals surface area (Å²) in [7, 11) is 1.81. The molecule has 1 aromatic heterocycles. The summed E-state index contributed by atoms with van der Waals surface area (Å²) in [6.07, 6.45) is 3.91. The first-order valence-electron chi connectivity index (χ1n) is 10.9. The van der Waals surface area contributed by atoms with Crippen molar-refractivity contribution in [3.63, 3.8) is 0 Å². The van der Waals surface area contributed by atoms with E-state index in [1.54, 1.807) is 13.3 Å². The molecule has 0 spiro atoms. The van der Waals surface area contributed by atoms with Gasteiger partial charge in [0.25, 0.3) is 0 Å². The van der Waals surface area contributed by atoms with E-state index in [2.05, 4.69) is 56.7 Å². The maximum atomic E-state index is 5.62. The van der Waals surface area contributed by atoms with Gasteiger partial charge in [-0.05, 0) is 43.0 Å². The van der Waals surface area contributed by atoms with E-state index in [-0.39, 0.29) is 0 Å². The molecule has 1 saturated heterocycles. The lowest BCUT2D eigenvalue weighted by Crippen LogP contribution is -2.48. The predicted octanol–water partition coefficient (Wildman–Crippen LogP) is 3.98. The minimum absolute atomic E-state index is 0.427. The Morgan fingerprint density at radius 1 is 1.10 bits per heavy atom. The quantitative estimate of drug-likeness (QED) is 0.469. The highest BCUT2D eigenvalue weighted by atomic mass is 16.3. The number of nitrogens with one attached hydrogen (secondary N) is 2. The molecule has 2 heterocycles. The number of aryl methyl sites for hydroxylation is 1. The molecule has 31 heavy (non-hydrogen) atoms. The van der Waals surface area contributed by atoms with Gasteiger partial charge in [0.2, 0.25) is 5.89 Å². The van der Waals surface area contributed by atoms with Gasteiger partial charge in [-0.2, -0.15) is 0 Å². The molecule has 1 aliphatic rings. The van der Waals surface area contributed by atoms with Crippen LogP contribution in [0.4, 0.5) is 0 Å². The smallest absolute Gasteiger partial charge is 0.226 e. The fourth-order valence-electron chi connectivity index (χ4n) is 3.93. The van der Waals surface area contributed by atoms with Gasteiger partial charge < -0.3 is 15.1 Å². The van der Waals surface area contributed by atoms with Crippen LogP contribution in [0.2, 0.25) is 0 Å².